The summed E-state index contributed by atoms with van der Waals surface area (Å²) in [7, 11) is -3.10. The maximum Gasteiger partial charge on any atom is 1.00 e. The van der Waals surface area contributed by atoms with Crippen LogP contribution in [0, 0.1) is 0 Å². The molecule has 0 fully saturated rings. The Balaban J connectivity index is 0.00000162. The van der Waals surface area contributed by atoms with E-state index in [0.717, 1.165) is 0 Å². The second-order valence-electron chi connectivity index (χ2n) is 3.38. The number of hydrogen-bond acceptors (Lipinski definition) is 4. The maximum absolute atomic E-state index is 11.2. The minimum atomic E-state index is -4.53. The van der Waals surface area contributed by atoms with Crippen LogP contribution in [-0.2, 0) is 10.1 Å². The van der Waals surface area contributed by atoms with Crippen LogP contribution < -0.4 is 34.3 Å². The zero-order valence-electron chi connectivity index (χ0n) is 9.81. The monoisotopic (exact) mass is 338 g/mol. The van der Waals surface area contributed by atoms with Gasteiger partial charge in [0, 0.05) is 15.2 Å². The Kier molecular flexibility index (Phi) is 5.22. The molecule has 0 radical (unpaired) electrons. The summed E-state index contributed by atoms with van der Waals surface area (Å²) in [6.07, 6.45) is 0. The Morgan fingerprint density at radius 3 is 2.44 bits per heavy atom. The van der Waals surface area contributed by atoms with Crippen molar-refractivity contribution in [1.29, 1.82) is 0 Å². The fourth-order valence-electron chi connectivity index (χ4n) is 1.68. The molecule has 90 valence electrons. The van der Waals surface area contributed by atoms with Crippen LogP contribution in [-0.4, -0.2) is 20.1 Å². The average Bonchev–Trinajstić information content (AvgIpc) is 2.28. The first-order valence-electron chi connectivity index (χ1n) is 4.66. The van der Waals surface area contributed by atoms with Gasteiger partial charge in [-0.1, -0.05) is 28.1 Å². The van der Waals surface area contributed by atoms with Crippen LogP contribution in [0.5, 0.6) is 5.75 Å². The van der Waals surface area contributed by atoms with Gasteiger partial charge in [0.05, 0.1) is 12.0 Å². The van der Waals surface area contributed by atoms with Crippen LogP contribution in [0.15, 0.2) is 39.7 Å². The third-order valence-corrected chi connectivity index (χ3v) is 3.97. The second kappa shape index (κ2) is 5.90. The molecule has 18 heavy (non-hydrogen) atoms. The van der Waals surface area contributed by atoms with Crippen LogP contribution in [0.3, 0.4) is 0 Å². The van der Waals surface area contributed by atoms with E-state index in [1.165, 1.54) is 19.2 Å². The predicted octanol–water partition coefficient (Wildman–Crippen LogP) is -0.481. The van der Waals surface area contributed by atoms with Crippen LogP contribution in [0.4, 0.5) is 0 Å². The summed E-state index contributed by atoms with van der Waals surface area (Å²) >= 11 is 3.31. The molecular formula is C11H8BrNaO4S. The van der Waals surface area contributed by atoms with Crippen molar-refractivity contribution in [2.75, 3.05) is 7.11 Å². The van der Waals surface area contributed by atoms with Gasteiger partial charge in [0.1, 0.15) is 15.9 Å². The molecular weight excluding hydrogens is 331 g/mol. The SMILES string of the molecule is COc1ccc(Br)c2cccc(S(=O)(=O)[O-])c12.[Na+]. The Bertz CT molecular complexity index is 685. The van der Waals surface area contributed by atoms with Crippen molar-refractivity contribution >= 4 is 36.8 Å². The van der Waals surface area contributed by atoms with Crippen molar-refractivity contribution in [2.45, 2.75) is 4.90 Å². The summed E-state index contributed by atoms with van der Waals surface area (Å²) in [6.45, 7) is 0. The van der Waals surface area contributed by atoms with E-state index in [9.17, 15) is 13.0 Å². The number of hydrogen-bond donors (Lipinski definition) is 0. The van der Waals surface area contributed by atoms with Gasteiger partial charge in [0.25, 0.3) is 0 Å². The Morgan fingerprint density at radius 2 is 1.89 bits per heavy atom. The van der Waals surface area contributed by atoms with Crippen LogP contribution in [0.25, 0.3) is 10.8 Å². The topological polar surface area (TPSA) is 66.4 Å². The summed E-state index contributed by atoms with van der Waals surface area (Å²) in [5.41, 5.74) is 0. The number of halogens is 1. The van der Waals surface area contributed by atoms with Crippen molar-refractivity contribution in [2.24, 2.45) is 0 Å². The predicted molar refractivity (Wildman–Crippen MR) is 66.2 cm³/mol. The third kappa shape index (κ3) is 2.89. The largest absolute Gasteiger partial charge is 1.00 e. The summed E-state index contributed by atoms with van der Waals surface area (Å²) in [6, 6.07) is 7.87. The van der Waals surface area contributed by atoms with E-state index in [4.69, 9.17) is 4.74 Å². The van der Waals surface area contributed by atoms with Crippen LogP contribution in [0.1, 0.15) is 0 Å². The van der Waals surface area contributed by atoms with E-state index in [1.807, 2.05) is 0 Å². The molecule has 4 nitrogen and oxygen atoms in total. The fraction of sp³-hybridized carbons (Fsp3) is 0.0909. The standard InChI is InChI=1S/C11H9BrO4S.Na/c1-16-9-6-5-8(12)7-3-2-4-10(11(7)9)17(13,14)15;/h2-6H,1H3,(H,13,14,15);/q;+1/p-1. The molecule has 2 rings (SSSR count). The fourth-order valence-corrected chi connectivity index (χ4v) is 2.85. The van der Waals surface area contributed by atoms with Gasteiger partial charge in [-0.25, -0.2) is 8.42 Å². The number of ether oxygens (including phenoxy) is 1. The molecule has 0 aliphatic heterocycles. The van der Waals surface area contributed by atoms with Crippen molar-refractivity contribution in [3.8, 4) is 5.75 Å². The zero-order chi connectivity index (χ0) is 12.6. The van der Waals surface area contributed by atoms with Crippen molar-refractivity contribution in [1.82, 2.24) is 0 Å². The molecule has 0 aliphatic carbocycles. The summed E-state index contributed by atoms with van der Waals surface area (Å²) in [5, 5.41) is 0.931. The number of fused-ring (bicyclic) bond motifs is 1. The summed E-state index contributed by atoms with van der Waals surface area (Å²) in [5.74, 6) is 0.359. The smallest absolute Gasteiger partial charge is 0.744 e. The maximum atomic E-state index is 11.2. The third-order valence-electron chi connectivity index (χ3n) is 2.40. The van der Waals surface area contributed by atoms with Crippen LogP contribution >= 0.6 is 15.9 Å². The van der Waals surface area contributed by atoms with E-state index in [1.54, 1.807) is 18.2 Å². The Morgan fingerprint density at radius 1 is 1.22 bits per heavy atom. The van der Waals surface area contributed by atoms with E-state index in [0.29, 0.717) is 21.0 Å². The van der Waals surface area contributed by atoms with E-state index < -0.39 is 10.1 Å². The molecule has 2 aromatic rings. The molecule has 0 aliphatic rings. The van der Waals surface area contributed by atoms with Gasteiger partial charge in [-0.15, -0.1) is 0 Å². The minimum absolute atomic E-state index is 0. The Hall–Kier alpha value is -0.110. The van der Waals surface area contributed by atoms with Crippen molar-refractivity contribution in [3.05, 3.63) is 34.8 Å². The number of benzene rings is 2. The normalized spacial score (nSPS) is 11.1. The number of rotatable bonds is 2. The molecule has 7 heteroatoms. The summed E-state index contributed by atoms with van der Waals surface area (Å²) < 4.78 is 39.4. The van der Waals surface area contributed by atoms with Crippen LogP contribution in [0.2, 0.25) is 0 Å². The zero-order valence-corrected chi connectivity index (χ0v) is 14.2. The average molecular weight is 339 g/mol. The second-order valence-corrected chi connectivity index (χ2v) is 5.58. The van der Waals surface area contributed by atoms with Gasteiger partial charge in [-0.05, 0) is 18.2 Å². The molecule has 0 saturated heterocycles. The number of methoxy groups -OCH3 is 1. The summed E-state index contributed by atoms with van der Waals surface area (Å²) in [4.78, 5) is -0.270. The molecule has 0 unspecified atom stereocenters. The first-order chi connectivity index (χ1) is 7.95. The van der Waals surface area contributed by atoms with E-state index in [2.05, 4.69) is 15.9 Å². The molecule has 0 heterocycles. The molecule has 2 aromatic carbocycles. The molecule has 0 N–H and O–H groups in total. The Labute approximate surface area is 136 Å². The molecule has 0 saturated carbocycles. The van der Waals surface area contributed by atoms with Gasteiger partial charge in [0.15, 0.2) is 0 Å². The molecule has 0 bridgehead atoms. The van der Waals surface area contributed by atoms with Gasteiger partial charge in [0.2, 0.25) is 0 Å². The quantitative estimate of drug-likeness (QED) is 0.548. The van der Waals surface area contributed by atoms with Gasteiger partial charge >= 0.3 is 29.6 Å². The van der Waals surface area contributed by atoms with Crippen molar-refractivity contribution in [3.63, 3.8) is 0 Å². The van der Waals surface area contributed by atoms with Gasteiger partial charge in [-0.2, -0.15) is 0 Å². The molecule has 0 aromatic heterocycles. The van der Waals surface area contributed by atoms with E-state index >= 15 is 0 Å². The van der Waals surface area contributed by atoms with Gasteiger partial charge < -0.3 is 9.29 Å². The van der Waals surface area contributed by atoms with E-state index in [-0.39, 0.29) is 34.5 Å². The minimum Gasteiger partial charge on any atom is -0.744 e. The molecule has 0 spiro atoms. The first-order valence-corrected chi connectivity index (χ1v) is 6.86. The first kappa shape index (κ1) is 15.9. The van der Waals surface area contributed by atoms with Crippen molar-refractivity contribution < 1.29 is 47.3 Å². The van der Waals surface area contributed by atoms with Gasteiger partial charge in [-0.3, -0.25) is 0 Å². The molecule has 0 amide bonds. The molecule has 0 atom stereocenters.